The zero-order valence-electron chi connectivity index (χ0n) is 7.47. The first kappa shape index (κ1) is 7.60. The van der Waals surface area contributed by atoms with E-state index in [1.807, 2.05) is 0 Å². The van der Waals surface area contributed by atoms with Crippen LogP contribution in [0, 0.1) is 17.8 Å². The zero-order chi connectivity index (χ0) is 7.68. The van der Waals surface area contributed by atoms with E-state index in [0.717, 1.165) is 17.8 Å². The lowest BCUT2D eigenvalue weighted by Gasteiger charge is -2.29. The topological polar surface area (TPSA) is 12.0 Å². The molecule has 1 saturated heterocycles. The molecule has 1 saturated carbocycles. The molecular formula is C10H19N. The zero-order valence-corrected chi connectivity index (χ0v) is 7.47. The molecule has 0 aromatic heterocycles. The molecule has 1 aliphatic carbocycles. The monoisotopic (exact) mass is 153 g/mol. The highest BCUT2D eigenvalue weighted by atomic mass is 14.9. The van der Waals surface area contributed by atoms with Crippen LogP contribution in [0.4, 0.5) is 0 Å². The highest BCUT2D eigenvalue weighted by molar-refractivity contribution is 4.88. The highest BCUT2D eigenvalue weighted by Gasteiger charge is 2.35. The normalized spacial score (nSPS) is 43.9. The Kier molecular flexibility index (Phi) is 2.17. The highest BCUT2D eigenvalue weighted by Crippen LogP contribution is 2.41. The third-order valence-corrected chi connectivity index (χ3v) is 3.72. The fraction of sp³-hybridized carbons (Fsp3) is 1.00. The summed E-state index contributed by atoms with van der Waals surface area (Å²) in [5, 5.41) is 3.52. The summed E-state index contributed by atoms with van der Waals surface area (Å²) >= 11 is 0. The second-order valence-electron chi connectivity index (χ2n) is 4.16. The maximum atomic E-state index is 3.52. The fourth-order valence-corrected chi connectivity index (χ4v) is 3.00. The number of fused-ring (bicyclic) bond motifs is 1. The molecule has 0 aromatic carbocycles. The molecule has 2 fully saturated rings. The summed E-state index contributed by atoms with van der Waals surface area (Å²) in [6.45, 7) is 4.93. The Hall–Kier alpha value is -0.0400. The smallest absolute Gasteiger partial charge is 0.00152 e. The van der Waals surface area contributed by atoms with Gasteiger partial charge in [-0.25, -0.2) is 0 Å². The second kappa shape index (κ2) is 3.14. The van der Waals surface area contributed by atoms with Gasteiger partial charge in [0.1, 0.15) is 0 Å². The van der Waals surface area contributed by atoms with Gasteiger partial charge in [-0.2, -0.15) is 0 Å². The molecule has 1 aliphatic heterocycles. The van der Waals surface area contributed by atoms with E-state index in [-0.39, 0.29) is 0 Å². The third-order valence-electron chi connectivity index (χ3n) is 3.72. The molecule has 64 valence electrons. The number of rotatable bonds is 1. The van der Waals surface area contributed by atoms with Crippen molar-refractivity contribution in [3.63, 3.8) is 0 Å². The molecule has 1 heterocycles. The van der Waals surface area contributed by atoms with Gasteiger partial charge in [-0.3, -0.25) is 0 Å². The lowest BCUT2D eigenvalue weighted by Crippen LogP contribution is -2.36. The summed E-state index contributed by atoms with van der Waals surface area (Å²) < 4.78 is 0. The Morgan fingerprint density at radius 3 is 3.00 bits per heavy atom. The molecule has 2 rings (SSSR count). The van der Waals surface area contributed by atoms with Gasteiger partial charge in [0, 0.05) is 0 Å². The van der Waals surface area contributed by atoms with Crippen molar-refractivity contribution in [2.75, 3.05) is 13.1 Å². The van der Waals surface area contributed by atoms with Gasteiger partial charge in [0.25, 0.3) is 0 Å². The van der Waals surface area contributed by atoms with E-state index in [1.165, 1.54) is 38.8 Å². The van der Waals surface area contributed by atoms with E-state index in [0.29, 0.717) is 0 Å². The van der Waals surface area contributed by atoms with Crippen molar-refractivity contribution in [3.8, 4) is 0 Å². The van der Waals surface area contributed by atoms with Crippen molar-refractivity contribution < 1.29 is 0 Å². The van der Waals surface area contributed by atoms with E-state index < -0.39 is 0 Å². The van der Waals surface area contributed by atoms with Crippen molar-refractivity contribution >= 4 is 0 Å². The predicted octanol–water partition coefficient (Wildman–Crippen LogP) is 2.03. The van der Waals surface area contributed by atoms with E-state index in [9.17, 15) is 0 Å². The number of hydrogen-bond donors (Lipinski definition) is 1. The Bertz CT molecular complexity index is 127. The third kappa shape index (κ3) is 1.31. The van der Waals surface area contributed by atoms with Crippen LogP contribution in [0.25, 0.3) is 0 Å². The summed E-state index contributed by atoms with van der Waals surface area (Å²) in [6.07, 6.45) is 5.88. The van der Waals surface area contributed by atoms with Gasteiger partial charge in [0.2, 0.25) is 0 Å². The quantitative estimate of drug-likeness (QED) is 0.608. The average molecular weight is 153 g/mol. The molecular weight excluding hydrogens is 134 g/mol. The van der Waals surface area contributed by atoms with Gasteiger partial charge < -0.3 is 5.32 Å². The van der Waals surface area contributed by atoms with Gasteiger partial charge in [0.05, 0.1) is 0 Å². The number of hydrogen-bond acceptors (Lipinski definition) is 1. The molecule has 0 amide bonds. The van der Waals surface area contributed by atoms with E-state index >= 15 is 0 Å². The Morgan fingerprint density at radius 1 is 1.27 bits per heavy atom. The van der Waals surface area contributed by atoms with Crippen LogP contribution in [-0.2, 0) is 0 Å². The minimum Gasteiger partial charge on any atom is -0.316 e. The molecule has 1 N–H and O–H groups in total. The van der Waals surface area contributed by atoms with Crippen molar-refractivity contribution in [1.82, 2.24) is 5.32 Å². The van der Waals surface area contributed by atoms with Crippen LogP contribution >= 0.6 is 0 Å². The first-order chi connectivity index (χ1) is 5.42. The summed E-state index contributed by atoms with van der Waals surface area (Å²) in [6, 6.07) is 0. The summed E-state index contributed by atoms with van der Waals surface area (Å²) in [5.41, 5.74) is 0. The van der Waals surface area contributed by atoms with Crippen molar-refractivity contribution in [2.24, 2.45) is 17.8 Å². The molecule has 1 heteroatoms. The Labute approximate surface area is 69.6 Å². The predicted molar refractivity (Wildman–Crippen MR) is 47.5 cm³/mol. The molecule has 0 bridgehead atoms. The maximum Gasteiger partial charge on any atom is -0.00152 e. The number of piperidine rings is 1. The summed E-state index contributed by atoms with van der Waals surface area (Å²) in [4.78, 5) is 0. The SMILES string of the molecule is CCC1CCC2CCNCC12. The van der Waals surface area contributed by atoms with Gasteiger partial charge in [0.15, 0.2) is 0 Å². The van der Waals surface area contributed by atoms with Crippen LogP contribution in [0.1, 0.15) is 32.6 Å². The van der Waals surface area contributed by atoms with Crippen molar-refractivity contribution in [2.45, 2.75) is 32.6 Å². The van der Waals surface area contributed by atoms with Crippen LogP contribution in [0.5, 0.6) is 0 Å². The van der Waals surface area contributed by atoms with Crippen molar-refractivity contribution in [1.29, 1.82) is 0 Å². The van der Waals surface area contributed by atoms with Gasteiger partial charge in [-0.05, 0) is 50.1 Å². The largest absolute Gasteiger partial charge is 0.316 e. The lowest BCUT2D eigenvalue weighted by molar-refractivity contribution is 0.242. The van der Waals surface area contributed by atoms with Crippen LogP contribution in [0.2, 0.25) is 0 Å². The van der Waals surface area contributed by atoms with E-state index in [4.69, 9.17) is 0 Å². The Balaban J connectivity index is 1.98. The fourth-order valence-electron chi connectivity index (χ4n) is 3.00. The lowest BCUT2D eigenvalue weighted by atomic mass is 9.84. The van der Waals surface area contributed by atoms with Gasteiger partial charge >= 0.3 is 0 Å². The first-order valence-corrected chi connectivity index (χ1v) is 5.12. The molecule has 2 aliphatic rings. The minimum atomic E-state index is 1.04. The second-order valence-corrected chi connectivity index (χ2v) is 4.16. The standard InChI is InChI=1S/C10H19N/c1-2-8-3-4-9-5-6-11-7-10(8)9/h8-11H,2-7H2,1H3. The van der Waals surface area contributed by atoms with Gasteiger partial charge in [-0.1, -0.05) is 13.3 Å². The molecule has 3 atom stereocenters. The minimum absolute atomic E-state index is 1.04. The van der Waals surface area contributed by atoms with Crippen LogP contribution in [0.3, 0.4) is 0 Å². The Morgan fingerprint density at radius 2 is 2.18 bits per heavy atom. The van der Waals surface area contributed by atoms with E-state index in [2.05, 4.69) is 12.2 Å². The molecule has 3 unspecified atom stereocenters. The van der Waals surface area contributed by atoms with Crippen LogP contribution in [0.15, 0.2) is 0 Å². The molecule has 11 heavy (non-hydrogen) atoms. The van der Waals surface area contributed by atoms with Crippen LogP contribution in [-0.4, -0.2) is 13.1 Å². The molecule has 0 radical (unpaired) electrons. The maximum absolute atomic E-state index is 3.52. The number of nitrogens with one attached hydrogen (secondary N) is 1. The van der Waals surface area contributed by atoms with E-state index in [1.54, 1.807) is 0 Å². The van der Waals surface area contributed by atoms with Gasteiger partial charge in [-0.15, -0.1) is 0 Å². The first-order valence-electron chi connectivity index (χ1n) is 5.12. The summed E-state index contributed by atoms with van der Waals surface area (Å²) in [7, 11) is 0. The molecule has 0 spiro atoms. The average Bonchev–Trinajstić information content (AvgIpc) is 2.47. The summed E-state index contributed by atoms with van der Waals surface area (Å²) in [5.74, 6) is 3.17. The molecule has 0 aromatic rings. The molecule has 1 nitrogen and oxygen atoms in total. The van der Waals surface area contributed by atoms with Crippen molar-refractivity contribution in [3.05, 3.63) is 0 Å². The van der Waals surface area contributed by atoms with Crippen LogP contribution < -0.4 is 5.32 Å².